The van der Waals surface area contributed by atoms with Crippen LogP contribution in [0.15, 0.2) is 36.4 Å². The van der Waals surface area contributed by atoms with Gasteiger partial charge < -0.3 is 10.1 Å². The van der Waals surface area contributed by atoms with Crippen LogP contribution in [0.3, 0.4) is 0 Å². The van der Waals surface area contributed by atoms with Crippen LogP contribution in [0, 0.1) is 19.7 Å². The first-order chi connectivity index (χ1) is 11.9. The van der Waals surface area contributed by atoms with Crippen molar-refractivity contribution in [3.8, 4) is 5.75 Å². The standard InChI is InChI=1S/C20H22FNO3/c1-13-4-8-19(25-3)16(10-13)18(23)7-9-20(24)22-12-15-5-6-17(21)14(2)11-15/h4-6,8,10-11H,7,9,12H2,1-3H3,(H,22,24). The molecule has 0 saturated heterocycles. The van der Waals surface area contributed by atoms with Crippen molar-refractivity contribution < 1.29 is 18.7 Å². The number of halogens is 1. The molecule has 1 N–H and O–H groups in total. The van der Waals surface area contributed by atoms with E-state index in [4.69, 9.17) is 4.74 Å². The summed E-state index contributed by atoms with van der Waals surface area (Å²) in [6.45, 7) is 3.88. The first kappa shape index (κ1) is 18.6. The molecule has 0 atom stereocenters. The van der Waals surface area contributed by atoms with Gasteiger partial charge in [0.15, 0.2) is 5.78 Å². The van der Waals surface area contributed by atoms with Crippen molar-refractivity contribution >= 4 is 11.7 Å². The number of ether oxygens (including phenoxy) is 1. The molecule has 0 heterocycles. The molecule has 0 aliphatic rings. The van der Waals surface area contributed by atoms with Gasteiger partial charge in [-0.25, -0.2) is 4.39 Å². The van der Waals surface area contributed by atoms with Gasteiger partial charge in [-0.3, -0.25) is 9.59 Å². The first-order valence-electron chi connectivity index (χ1n) is 8.10. The summed E-state index contributed by atoms with van der Waals surface area (Å²) in [6, 6.07) is 10.1. The van der Waals surface area contributed by atoms with Crippen molar-refractivity contribution in [3.63, 3.8) is 0 Å². The smallest absolute Gasteiger partial charge is 0.220 e. The van der Waals surface area contributed by atoms with E-state index in [9.17, 15) is 14.0 Å². The minimum atomic E-state index is -0.271. The Morgan fingerprint density at radius 2 is 1.84 bits per heavy atom. The fraction of sp³-hybridized carbons (Fsp3) is 0.300. The number of ketones is 1. The zero-order chi connectivity index (χ0) is 18.4. The van der Waals surface area contributed by atoms with Gasteiger partial charge in [-0.1, -0.05) is 23.8 Å². The number of methoxy groups -OCH3 is 1. The maximum absolute atomic E-state index is 13.2. The van der Waals surface area contributed by atoms with Gasteiger partial charge in [-0.15, -0.1) is 0 Å². The van der Waals surface area contributed by atoms with E-state index >= 15 is 0 Å². The zero-order valence-electron chi connectivity index (χ0n) is 14.7. The fourth-order valence-corrected chi connectivity index (χ4v) is 2.51. The van der Waals surface area contributed by atoms with Gasteiger partial charge in [0.1, 0.15) is 11.6 Å². The van der Waals surface area contributed by atoms with Crippen LogP contribution in [-0.2, 0) is 11.3 Å². The first-order valence-corrected chi connectivity index (χ1v) is 8.10. The predicted molar refractivity (Wildman–Crippen MR) is 94.3 cm³/mol. The summed E-state index contributed by atoms with van der Waals surface area (Å²) in [5, 5.41) is 2.75. The van der Waals surface area contributed by atoms with Crippen LogP contribution in [0.1, 0.15) is 39.9 Å². The fourth-order valence-electron chi connectivity index (χ4n) is 2.51. The lowest BCUT2D eigenvalue weighted by Gasteiger charge is -2.09. The molecule has 0 bridgehead atoms. The summed E-state index contributed by atoms with van der Waals surface area (Å²) in [5.74, 6) is -0.110. The maximum Gasteiger partial charge on any atom is 0.220 e. The molecular weight excluding hydrogens is 321 g/mol. The van der Waals surface area contributed by atoms with Crippen LogP contribution >= 0.6 is 0 Å². The summed E-state index contributed by atoms with van der Waals surface area (Å²) >= 11 is 0. The number of nitrogens with one attached hydrogen (secondary N) is 1. The molecule has 0 fully saturated rings. The topological polar surface area (TPSA) is 55.4 Å². The lowest BCUT2D eigenvalue weighted by atomic mass is 10.0. The van der Waals surface area contributed by atoms with Crippen molar-refractivity contribution in [1.29, 1.82) is 0 Å². The molecule has 0 aromatic heterocycles. The molecule has 2 rings (SSSR count). The highest BCUT2D eigenvalue weighted by molar-refractivity contribution is 6.00. The summed E-state index contributed by atoms with van der Waals surface area (Å²) in [7, 11) is 1.51. The molecule has 2 aromatic rings. The third-order valence-electron chi connectivity index (χ3n) is 3.95. The second-order valence-corrected chi connectivity index (χ2v) is 5.99. The highest BCUT2D eigenvalue weighted by Gasteiger charge is 2.14. The Bertz CT molecular complexity index is 787. The van der Waals surface area contributed by atoms with E-state index in [1.165, 1.54) is 13.2 Å². The third-order valence-corrected chi connectivity index (χ3v) is 3.95. The second kappa shape index (κ2) is 8.42. The van der Waals surface area contributed by atoms with E-state index in [1.54, 1.807) is 31.2 Å². The predicted octanol–water partition coefficient (Wildman–Crippen LogP) is 3.73. The maximum atomic E-state index is 13.2. The zero-order valence-corrected chi connectivity index (χ0v) is 14.7. The Morgan fingerprint density at radius 1 is 1.08 bits per heavy atom. The minimum absolute atomic E-state index is 0.0934. The number of hydrogen-bond donors (Lipinski definition) is 1. The van der Waals surface area contributed by atoms with Crippen LogP contribution in [0.25, 0.3) is 0 Å². The van der Waals surface area contributed by atoms with E-state index in [0.29, 0.717) is 23.4 Å². The van der Waals surface area contributed by atoms with Crippen molar-refractivity contribution in [2.45, 2.75) is 33.2 Å². The summed E-state index contributed by atoms with van der Waals surface area (Å²) in [4.78, 5) is 24.3. The number of rotatable bonds is 7. The lowest BCUT2D eigenvalue weighted by molar-refractivity contribution is -0.121. The molecule has 0 radical (unpaired) electrons. The molecular formula is C20H22FNO3. The van der Waals surface area contributed by atoms with E-state index in [0.717, 1.165) is 11.1 Å². The normalized spacial score (nSPS) is 10.4. The van der Waals surface area contributed by atoms with Gasteiger partial charge in [0.05, 0.1) is 12.7 Å². The molecule has 0 spiro atoms. The third kappa shape index (κ3) is 5.14. The highest BCUT2D eigenvalue weighted by Crippen LogP contribution is 2.21. The molecule has 0 saturated carbocycles. The van der Waals surface area contributed by atoms with E-state index < -0.39 is 0 Å². The SMILES string of the molecule is COc1ccc(C)cc1C(=O)CCC(=O)NCc1ccc(F)c(C)c1. The number of amides is 1. The number of benzene rings is 2. The van der Waals surface area contributed by atoms with E-state index in [1.807, 2.05) is 13.0 Å². The Balaban J connectivity index is 1.88. The van der Waals surface area contributed by atoms with Gasteiger partial charge in [-0.05, 0) is 43.2 Å². The Labute approximate surface area is 147 Å². The number of carbonyl (C=O) groups excluding carboxylic acids is 2. The van der Waals surface area contributed by atoms with E-state index in [2.05, 4.69) is 5.32 Å². The van der Waals surface area contributed by atoms with Gasteiger partial charge in [0.25, 0.3) is 0 Å². The van der Waals surface area contributed by atoms with Crippen molar-refractivity contribution in [3.05, 3.63) is 64.5 Å². The second-order valence-electron chi connectivity index (χ2n) is 5.99. The van der Waals surface area contributed by atoms with Crippen LogP contribution in [0.5, 0.6) is 5.75 Å². The van der Waals surface area contributed by atoms with E-state index in [-0.39, 0.29) is 30.3 Å². The monoisotopic (exact) mass is 343 g/mol. The molecule has 5 heteroatoms. The summed E-state index contributed by atoms with van der Waals surface area (Å²) in [6.07, 6.45) is 0.199. The van der Waals surface area contributed by atoms with Gasteiger partial charge in [0, 0.05) is 19.4 Å². The number of hydrogen-bond acceptors (Lipinski definition) is 3. The van der Waals surface area contributed by atoms with Gasteiger partial charge >= 0.3 is 0 Å². The molecule has 132 valence electrons. The number of Topliss-reactive ketones (excluding diaryl/α,β-unsaturated/α-hetero) is 1. The average Bonchev–Trinajstić information content (AvgIpc) is 2.60. The van der Waals surface area contributed by atoms with Gasteiger partial charge in [0.2, 0.25) is 5.91 Å². The summed E-state index contributed by atoms with van der Waals surface area (Å²) < 4.78 is 18.4. The Kier molecular flexibility index (Phi) is 6.28. The highest BCUT2D eigenvalue weighted by atomic mass is 19.1. The van der Waals surface area contributed by atoms with Crippen LogP contribution < -0.4 is 10.1 Å². The molecule has 2 aromatic carbocycles. The minimum Gasteiger partial charge on any atom is -0.496 e. The molecule has 25 heavy (non-hydrogen) atoms. The summed E-state index contributed by atoms with van der Waals surface area (Å²) in [5.41, 5.74) is 2.80. The molecule has 1 amide bonds. The van der Waals surface area contributed by atoms with Crippen LogP contribution in [-0.4, -0.2) is 18.8 Å². The quantitative estimate of drug-likeness (QED) is 0.780. The van der Waals surface area contributed by atoms with Crippen molar-refractivity contribution in [1.82, 2.24) is 5.32 Å². The van der Waals surface area contributed by atoms with Crippen molar-refractivity contribution in [2.24, 2.45) is 0 Å². The molecule has 0 aliphatic heterocycles. The van der Waals surface area contributed by atoms with Crippen molar-refractivity contribution in [2.75, 3.05) is 7.11 Å². The lowest BCUT2D eigenvalue weighted by Crippen LogP contribution is -2.23. The largest absolute Gasteiger partial charge is 0.496 e. The number of aryl methyl sites for hydroxylation is 2. The molecule has 4 nitrogen and oxygen atoms in total. The van der Waals surface area contributed by atoms with Crippen LogP contribution in [0.4, 0.5) is 4.39 Å². The van der Waals surface area contributed by atoms with Gasteiger partial charge in [-0.2, -0.15) is 0 Å². The molecule has 0 aliphatic carbocycles. The molecule has 0 unspecified atom stereocenters. The Morgan fingerprint density at radius 3 is 2.52 bits per heavy atom. The Hall–Kier alpha value is -2.69. The van der Waals surface area contributed by atoms with Crippen LogP contribution in [0.2, 0.25) is 0 Å². The average molecular weight is 343 g/mol. The number of carbonyl (C=O) groups is 2.